The highest BCUT2D eigenvalue weighted by atomic mass is 32.1. The molecule has 5 heteroatoms. The molecule has 0 spiro atoms. The van der Waals surface area contributed by atoms with Gasteiger partial charge in [0, 0.05) is 41.6 Å². The standard InChI is InChI=1S/C16H15N3OS/c1-11(20)19-5-4-13-7-14(2-3-16(13)19)18-9-15-6-12(8-17)10-21-15/h2-3,6-7,10,18H,4-5,9H2,1H3. The molecule has 0 bridgehead atoms. The fraction of sp³-hybridized carbons (Fsp3) is 0.250. The van der Waals surface area contributed by atoms with Gasteiger partial charge < -0.3 is 10.2 Å². The molecular weight excluding hydrogens is 282 g/mol. The van der Waals surface area contributed by atoms with Crippen molar-refractivity contribution < 1.29 is 4.79 Å². The van der Waals surface area contributed by atoms with Gasteiger partial charge in [0.25, 0.3) is 0 Å². The molecule has 0 saturated carbocycles. The molecule has 2 aromatic rings. The molecule has 1 aromatic carbocycles. The van der Waals surface area contributed by atoms with Gasteiger partial charge in [-0.25, -0.2) is 0 Å². The third-order valence-electron chi connectivity index (χ3n) is 3.60. The molecule has 106 valence electrons. The number of hydrogen-bond donors (Lipinski definition) is 1. The third kappa shape index (κ3) is 2.76. The normalized spacial score (nSPS) is 12.9. The number of benzene rings is 1. The maximum Gasteiger partial charge on any atom is 0.223 e. The monoisotopic (exact) mass is 297 g/mol. The second-order valence-electron chi connectivity index (χ2n) is 5.03. The van der Waals surface area contributed by atoms with Gasteiger partial charge in [0.15, 0.2) is 0 Å². The van der Waals surface area contributed by atoms with Crippen LogP contribution in [0.5, 0.6) is 0 Å². The van der Waals surface area contributed by atoms with E-state index in [4.69, 9.17) is 5.26 Å². The summed E-state index contributed by atoms with van der Waals surface area (Å²) in [7, 11) is 0. The van der Waals surface area contributed by atoms with Gasteiger partial charge in [-0.2, -0.15) is 5.26 Å². The number of anilines is 2. The van der Waals surface area contributed by atoms with E-state index in [-0.39, 0.29) is 5.91 Å². The Morgan fingerprint density at radius 3 is 3.05 bits per heavy atom. The van der Waals surface area contributed by atoms with E-state index in [2.05, 4.69) is 17.5 Å². The molecule has 3 rings (SSSR count). The van der Waals surface area contributed by atoms with Crippen LogP contribution in [0.4, 0.5) is 11.4 Å². The summed E-state index contributed by atoms with van der Waals surface area (Å²) in [6, 6.07) is 10.2. The van der Waals surface area contributed by atoms with Crippen LogP contribution in [0, 0.1) is 11.3 Å². The number of thiophene rings is 1. The molecule has 0 saturated heterocycles. The van der Waals surface area contributed by atoms with Crippen molar-refractivity contribution in [1.82, 2.24) is 0 Å². The SMILES string of the molecule is CC(=O)N1CCc2cc(NCc3cc(C#N)cs3)ccc21. The maximum atomic E-state index is 11.5. The second-order valence-corrected chi connectivity index (χ2v) is 6.03. The zero-order chi connectivity index (χ0) is 14.8. The van der Waals surface area contributed by atoms with Crippen molar-refractivity contribution in [2.24, 2.45) is 0 Å². The van der Waals surface area contributed by atoms with Crippen molar-refractivity contribution in [2.75, 3.05) is 16.8 Å². The Morgan fingerprint density at radius 1 is 1.48 bits per heavy atom. The summed E-state index contributed by atoms with van der Waals surface area (Å²) in [6.45, 7) is 3.08. The molecular formula is C16H15N3OS. The molecule has 1 aliphatic heterocycles. The highest BCUT2D eigenvalue weighted by Crippen LogP contribution is 2.30. The van der Waals surface area contributed by atoms with Gasteiger partial charge in [0.2, 0.25) is 5.91 Å². The minimum atomic E-state index is 0.0945. The largest absolute Gasteiger partial charge is 0.380 e. The topological polar surface area (TPSA) is 56.1 Å². The number of carbonyl (C=O) groups is 1. The van der Waals surface area contributed by atoms with Crippen molar-refractivity contribution in [3.8, 4) is 6.07 Å². The second kappa shape index (κ2) is 5.58. The lowest BCUT2D eigenvalue weighted by Gasteiger charge is -2.15. The molecule has 4 nitrogen and oxygen atoms in total. The van der Waals surface area contributed by atoms with Crippen LogP contribution < -0.4 is 10.2 Å². The first-order valence-electron chi connectivity index (χ1n) is 6.80. The van der Waals surface area contributed by atoms with Crippen LogP contribution in [0.25, 0.3) is 0 Å². The third-order valence-corrected chi connectivity index (χ3v) is 4.54. The van der Waals surface area contributed by atoms with E-state index >= 15 is 0 Å². The van der Waals surface area contributed by atoms with E-state index in [1.54, 1.807) is 18.3 Å². The van der Waals surface area contributed by atoms with Gasteiger partial charge in [0.1, 0.15) is 6.07 Å². The van der Waals surface area contributed by atoms with Crippen molar-refractivity contribution in [3.63, 3.8) is 0 Å². The number of carbonyl (C=O) groups excluding carboxylic acids is 1. The molecule has 2 heterocycles. The first kappa shape index (κ1) is 13.7. The van der Waals surface area contributed by atoms with E-state index in [0.29, 0.717) is 12.1 Å². The molecule has 0 fully saturated rings. The molecule has 21 heavy (non-hydrogen) atoms. The van der Waals surface area contributed by atoms with E-state index in [9.17, 15) is 4.79 Å². The first-order valence-corrected chi connectivity index (χ1v) is 7.68. The summed E-state index contributed by atoms with van der Waals surface area (Å²) in [5.41, 5.74) is 3.99. The summed E-state index contributed by atoms with van der Waals surface area (Å²) in [5, 5.41) is 14.1. The number of amides is 1. The Labute approximate surface area is 127 Å². The number of nitriles is 1. The van der Waals surface area contributed by atoms with Crippen LogP contribution in [0.3, 0.4) is 0 Å². The number of nitrogens with zero attached hydrogens (tertiary/aromatic N) is 2. The van der Waals surface area contributed by atoms with E-state index in [1.807, 2.05) is 28.5 Å². The Bertz CT molecular complexity index is 729. The summed E-state index contributed by atoms with van der Waals surface area (Å²) >= 11 is 1.59. The smallest absolute Gasteiger partial charge is 0.223 e. The number of rotatable bonds is 3. The fourth-order valence-electron chi connectivity index (χ4n) is 2.56. The summed E-state index contributed by atoms with van der Waals surface area (Å²) in [6.07, 6.45) is 0.905. The summed E-state index contributed by atoms with van der Waals surface area (Å²) < 4.78 is 0. The lowest BCUT2D eigenvalue weighted by Crippen LogP contribution is -2.25. The fourth-order valence-corrected chi connectivity index (χ4v) is 3.31. The molecule has 1 N–H and O–H groups in total. The molecule has 1 amide bonds. The van der Waals surface area contributed by atoms with Gasteiger partial charge in [-0.1, -0.05) is 0 Å². The van der Waals surface area contributed by atoms with Crippen molar-refractivity contribution in [1.29, 1.82) is 5.26 Å². The highest BCUT2D eigenvalue weighted by Gasteiger charge is 2.21. The quantitative estimate of drug-likeness (QED) is 0.947. The van der Waals surface area contributed by atoms with Crippen molar-refractivity contribution in [3.05, 3.63) is 45.6 Å². The van der Waals surface area contributed by atoms with Gasteiger partial charge >= 0.3 is 0 Å². The zero-order valence-corrected chi connectivity index (χ0v) is 12.5. The molecule has 0 atom stereocenters. The van der Waals surface area contributed by atoms with Gasteiger partial charge in [0.05, 0.1) is 5.56 Å². The van der Waals surface area contributed by atoms with E-state index in [1.165, 1.54) is 5.56 Å². The first-order chi connectivity index (χ1) is 10.2. The van der Waals surface area contributed by atoms with Crippen LogP contribution in [0.15, 0.2) is 29.6 Å². The minimum absolute atomic E-state index is 0.0945. The predicted octanol–water partition coefficient (Wildman–Crippen LogP) is 3.14. The zero-order valence-electron chi connectivity index (χ0n) is 11.7. The minimum Gasteiger partial charge on any atom is -0.380 e. The molecule has 1 aliphatic rings. The highest BCUT2D eigenvalue weighted by molar-refractivity contribution is 7.10. The molecule has 0 radical (unpaired) electrons. The molecule has 0 unspecified atom stereocenters. The maximum absolute atomic E-state index is 11.5. The van der Waals surface area contributed by atoms with Crippen LogP contribution in [0.1, 0.15) is 22.9 Å². The number of nitrogens with one attached hydrogen (secondary N) is 1. The Hall–Kier alpha value is -2.32. The number of hydrogen-bond acceptors (Lipinski definition) is 4. The average Bonchev–Trinajstić information content (AvgIpc) is 3.11. The molecule has 1 aromatic heterocycles. The van der Waals surface area contributed by atoms with Gasteiger partial charge in [-0.3, -0.25) is 4.79 Å². The van der Waals surface area contributed by atoms with E-state index in [0.717, 1.165) is 29.2 Å². The van der Waals surface area contributed by atoms with Gasteiger partial charge in [-0.15, -0.1) is 11.3 Å². The predicted molar refractivity (Wildman–Crippen MR) is 84.5 cm³/mol. The van der Waals surface area contributed by atoms with Crippen molar-refractivity contribution in [2.45, 2.75) is 19.9 Å². The average molecular weight is 297 g/mol. The van der Waals surface area contributed by atoms with E-state index < -0.39 is 0 Å². The Balaban J connectivity index is 1.70. The van der Waals surface area contributed by atoms with Crippen LogP contribution >= 0.6 is 11.3 Å². The Morgan fingerprint density at radius 2 is 2.33 bits per heavy atom. The number of fused-ring (bicyclic) bond motifs is 1. The van der Waals surface area contributed by atoms with Gasteiger partial charge in [-0.05, 0) is 36.2 Å². The Kier molecular flexibility index (Phi) is 3.63. The van der Waals surface area contributed by atoms with Crippen LogP contribution in [0.2, 0.25) is 0 Å². The summed E-state index contributed by atoms with van der Waals surface area (Å²) in [4.78, 5) is 14.5. The van der Waals surface area contributed by atoms with Crippen molar-refractivity contribution >= 4 is 28.6 Å². The summed E-state index contributed by atoms with van der Waals surface area (Å²) in [5.74, 6) is 0.0945. The lowest BCUT2D eigenvalue weighted by atomic mass is 10.1. The molecule has 0 aliphatic carbocycles. The van der Waals surface area contributed by atoms with Crippen LogP contribution in [-0.2, 0) is 17.8 Å². The van der Waals surface area contributed by atoms with Crippen LogP contribution in [-0.4, -0.2) is 12.5 Å². The lowest BCUT2D eigenvalue weighted by molar-refractivity contribution is -0.116.